The predicted molar refractivity (Wildman–Crippen MR) is 107 cm³/mol. The molecule has 2 aromatic carbocycles. The van der Waals surface area contributed by atoms with Crippen LogP contribution in [0.4, 0.5) is 0 Å². The molecule has 6 nitrogen and oxygen atoms in total. The van der Waals surface area contributed by atoms with E-state index < -0.39 is 6.10 Å². The second-order valence-electron chi connectivity index (χ2n) is 6.74. The minimum Gasteiger partial charge on any atom is -0.481 e. The third-order valence-electron chi connectivity index (χ3n) is 4.32. The summed E-state index contributed by atoms with van der Waals surface area (Å²) in [7, 11) is 1.67. The summed E-state index contributed by atoms with van der Waals surface area (Å²) < 4.78 is 11.0. The maximum Gasteiger partial charge on any atom is 0.263 e. The van der Waals surface area contributed by atoms with Gasteiger partial charge in [0, 0.05) is 17.6 Å². The average Bonchev–Trinajstić information content (AvgIpc) is 3.13. The van der Waals surface area contributed by atoms with Crippen molar-refractivity contribution < 1.29 is 14.1 Å². The Morgan fingerprint density at radius 3 is 2.61 bits per heavy atom. The third-order valence-corrected chi connectivity index (χ3v) is 4.74. The first-order chi connectivity index (χ1) is 13.3. The molecule has 1 amide bonds. The summed E-state index contributed by atoms with van der Waals surface area (Å²) in [4.78, 5) is 18.5. The molecule has 3 aromatic rings. The molecule has 0 fully saturated rings. The highest BCUT2D eigenvalue weighted by Crippen LogP contribution is 2.22. The molecule has 1 heterocycles. The largest absolute Gasteiger partial charge is 0.481 e. The van der Waals surface area contributed by atoms with E-state index in [2.05, 4.69) is 10.1 Å². The number of carbonyl (C=O) groups is 1. The summed E-state index contributed by atoms with van der Waals surface area (Å²) in [6.45, 7) is 5.80. The van der Waals surface area contributed by atoms with Gasteiger partial charge in [0.05, 0.1) is 6.54 Å². The van der Waals surface area contributed by atoms with Crippen LogP contribution in [0.25, 0.3) is 11.4 Å². The molecular formula is C21H22ClN3O3. The van der Waals surface area contributed by atoms with Crippen molar-refractivity contribution in [3.63, 3.8) is 0 Å². The van der Waals surface area contributed by atoms with E-state index in [1.165, 1.54) is 4.90 Å². The van der Waals surface area contributed by atoms with Gasteiger partial charge in [-0.25, -0.2) is 0 Å². The van der Waals surface area contributed by atoms with Crippen LogP contribution < -0.4 is 4.74 Å². The smallest absolute Gasteiger partial charge is 0.263 e. The average molecular weight is 400 g/mol. The molecule has 0 aliphatic rings. The van der Waals surface area contributed by atoms with Gasteiger partial charge >= 0.3 is 0 Å². The van der Waals surface area contributed by atoms with E-state index in [9.17, 15) is 4.79 Å². The first kappa shape index (κ1) is 19.9. The van der Waals surface area contributed by atoms with Crippen LogP contribution in [0, 0.1) is 13.8 Å². The molecule has 1 aromatic heterocycles. The van der Waals surface area contributed by atoms with Gasteiger partial charge in [0.25, 0.3) is 5.91 Å². The molecule has 0 saturated heterocycles. The van der Waals surface area contributed by atoms with Crippen molar-refractivity contribution >= 4 is 17.5 Å². The van der Waals surface area contributed by atoms with Crippen molar-refractivity contribution in [2.24, 2.45) is 0 Å². The van der Waals surface area contributed by atoms with E-state index in [-0.39, 0.29) is 12.5 Å². The van der Waals surface area contributed by atoms with Gasteiger partial charge < -0.3 is 14.2 Å². The number of amides is 1. The van der Waals surface area contributed by atoms with E-state index >= 15 is 0 Å². The first-order valence-corrected chi connectivity index (χ1v) is 9.28. The van der Waals surface area contributed by atoms with Crippen molar-refractivity contribution in [3.05, 3.63) is 64.5 Å². The lowest BCUT2D eigenvalue weighted by atomic mass is 10.1. The van der Waals surface area contributed by atoms with Crippen LogP contribution in [-0.4, -0.2) is 34.1 Å². The van der Waals surface area contributed by atoms with E-state index in [1.807, 2.05) is 38.1 Å². The number of nitrogens with zero attached hydrogens (tertiary/aromatic N) is 3. The molecule has 0 spiro atoms. The molecule has 1 unspecified atom stereocenters. The molecule has 0 N–H and O–H groups in total. The highest BCUT2D eigenvalue weighted by Gasteiger charge is 2.21. The van der Waals surface area contributed by atoms with Gasteiger partial charge in [0.1, 0.15) is 5.75 Å². The molecule has 0 radical (unpaired) electrons. The Kier molecular flexibility index (Phi) is 5.99. The maximum absolute atomic E-state index is 12.6. The number of hydrogen-bond acceptors (Lipinski definition) is 5. The van der Waals surface area contributed by atoms with Crippen LogP contribution in [-0.2, 0) is 11.3 Å². The van der Waals surface area contributed by atoms with Gasteiger partial charge in [-0.15, -0.1) is 0 Å². The van der Waals surface area contributed by atoms with Gasteiger partial charge in [0.2, 0.25) is 11.7 Å². The van der Waals surface area contributed by atoms with Crippen LogP contribution in [0.3, 0.4) is 0 Å². The van der Waals surface area contributed by atoms with Crippen molar-refractivity contribution in [3.8, 4) is 17.1 Å². The first-order valence-electron chi connectivity index (χ1n) is 8.91. The Labute approximate surface area is 169 Å². The highest BCUT2D eigenvalue weighted by molar-refractivity contribution is 6.31. The summed E-state index contributed by atoms with van der Waals surface area (Å²) >= 11 is 6.02. The lowest BCUT2D eigenvalue weighted by molar-refractivity contribution is -0.137. The number of ether oxygens (including phenoxy) is 1. The lowest BCUT2D eigenvalue weighted by Gasteiger charge is -2.21. The van der Waals surface area contributed by atoms with Gasteiger partial charge in [-0.3, -0.25) is 4.79 Å². The van der Waals surface area contributed by atoms with Gasteiger partial charge in [0.15, 0.2) is 6.10 Å². The Hall–Kier alpha value is -2.86. The number of halogens is 1. The second-order valence-corrected chi connectivity index (χ2v) is 7.15. The molecule has 146 valence electrons. The molecule has 7 heteroatoms. The van der Waals surface area contributed by atoms with Crippen molar-refractivity contribution in [1.82, 2.24) is 15.0 Å². The predicted octanol–water partition coefficient (Wildman–Crippen LogP) is 4.43. The Morgan fingerprint density at radius 1 is 1.21 bits per heavy atom. The fourth-order valence-electron chi connectivity index (χ4n) is 2.68. The molecule has 0 aliphatic carbocycles. The monoisotopic (exact) mass is 399 g/mol. The molecular weight excluding hydrogens is 378 g/mol. The Morgan fingerprint density at radius 2 is 1.93 bits per heavy atom. The summed E-state index contributed by atoms with van der Waals surface area (Å²) in [5.41, 5.74) is 2.91. The number of likely N-dealkylation sites (N-methyl/N-ethyl adjacent to an activating group) is 1. The van der Waals surface area contributed by atoms with Crippen LogP contribution in [0.15, 0.2) is 47.0 Å². The minimum absolute atomic E-state index is 0.192. The van der Waals surface area contributed by atoms with Gasteiger partial charge in [-0.05, 0) is 44.5 Å². The maximum atomic E-state index is 12.6. The van der Waals surface area contributed by atoms with Gasteiger partial charge in [-0.2, -0.15) is 4.98 Å². The summed E-state index contributed by atoms with van der Waals surface area (Å²) in [5.74, 6) is 1.26. The quantitative estimate of drug-likeness (QED) is 0.613. The zero-order valence-corrected chi connectivity index (χ0v) is 17.0. The van der Waals surface area contributed by atoms with E-state index in [0.717, 1.165) is 16.7 Å². The number of benzene rings is 2. The fourth-order valence-corrected chi connectivity index (χ4v) is 2.79. The van der Waals surface area contributed by atoms with E-state index in [4.69, 9.17) is 20.9 Å². The number of aromatic nitrogens is 2. The lowest BCUT2D eigenvalue weighted by Crippen LogP contribution is -2.37. The van der Waals surface area contributed by atoms with E-state index in [0.29, 0.717) is 22.5 Å². The van der Waals surface area contributed by atoms with Crippen LogP contribution in [0.1, 0.15) is 23.9 Å². The summed E-state index contributed by atoms with van der Waals surface area (Å²) in [6.07, 6.45) is -0.662. The van der Waals surface area contributed by atoms with Crippen molar-refractivity contribution in [2.45, 2.75) is 33.4 Å². The van der Waals surface area contributed by atoms with E-state index in [1.54, 1.807) is 32.2 Å². The third kappa shape index (κ3) is 4.70. The molecule has 0 bridgehead atoms. The summed E-state index contributed by atoms with van der Waals surface area (Å²) in [5, 5.41) is 4.65. The summed E-state index contributed by atoms with van der Waals surface area (Å²) in [6, 6.07) is 13.1. The fraction of sp³-hybridized carbons (Fsp3) is 0.286. The number of rotatable bonds is 6. The highest BCUT2D eigenvalue weighted by atomic mass is 35.5. The van der Waals surface area contributed by atoms with Crippen LogP contribution >= 0.6 is 11.6 Å². The van der Waals surface area contributed by atoms with Crippen molar-refractivity contribution in [2.75, 3.05) is 7.05 Å². The number of aryl methyl sites for hydroxylation is 2. The standard InChI is InChI=1S/C21H22ClN3O3/c1-13-5-7-16(8-6-13)20-23-19(28-24-20)12-25(4)21(26)15(3)27-17-9-10-18(22)14(2)11-17/h5-11,15H,12H2,1-4H3. The van der Waals surface area contributed by atoms with Gasteiger partial charge in [-0.1, -0.05) is 46.6 Å². The Balaban J connectivity index is 1.62. The molecule has 3 rings (SSSR count). The van der Waals surface area contributed by atoms with Crippen LogP contribution in [0.2, 0.25) is 5.02 Å². The minimum atomic E-state index is -0.662. The Bertz CT molecular complexity index is 969. The molecule has 1 atom stereocenters. The second kappa shape index (κ2) is 8.44. The van der Waals surface area contributed by atoms with Crippen molar-refractivity contribution in [1.29, 1.82) is 0 Å². The molecule has 28 heavy (non-hydrogen) atoms. The zero-order chi connectivity index (χ0) is 20.3. The number of carbonyl (C=O) groups excluding carboxylic acids is 1. The molecule has 0 saturated carbocycles. The molecule has 0 aliphatic heterocycles. The SMILES string of the molecule is Cc1ccc(-c2noc(CN(C)C(=O)C(C)Oc3ccc(Cl)c(C)c3)n2)cc1. The normalized spacial score (nSPS) is 11.9. The topological polar surface area (TPSA) is 68.5 Å². The van der Waals surface area contributed by atoms with Crippen LogP contribution in [0.5, 0.6) is 5.75 Å². The number of hydrogen-bond donors (Lipinski definition) is 0. The zero-order valence-electron chi connectivity index (χ0n) is 16.3.